The number of sulfonamides is 1. The molecule has 3 aromatic rings. The van der Waals surface area contributed by atoms with Gasteiger partial charge in [0.15, 0.2) is 0 Å². The highest BCUT2D eigenvalue weighted by Crippen LogP contribution is 2.24. The molecule has 0 unspecified atom stereocenters. The number of carbonyl (C=O) groups is 1. The summed E-state index contributed by atoms with van der Waals surface area (Å²) in [4.78, 5) is 12.8. The van der Waals surface area contributed by atoms with E-state index in [4.69, 9.17) is 9.88 Å². The monoisotopic (exact) mass is 488 g/mol. The standard InChI is InChI=1S/C22H21BrN2O4S/c1-2-16-10-11-18(13-21(16)30(24,27)28)25-22(26)19-8-3-4-9-20(19)29-14-15-6-5-7-17(23)12-15/h3-13H,2,14H2,1H3,(H,25,26)(H2,24,27,28). The lowest BCUT2D eigenvalue weighted by Gasteiger charge is -2.13. The molecule has 3 rings (SSSR count). The third-order valence-corrected chi connectivity index (χ3v) is 5.91. The number of rotatable bonds is 7. The molecule has 1 amide bonds. The van der Waals surface area contributed by atoms with E-state index in [0.717, 1.165) is 10.0 Å². The first-order valence-electron chi connectivity index (χ1n) is 9.21. The number of primary sulfonamides is 1. The number of nitrogens with two attached hydrogens (primary N) is 1. The van der Waals surface area contributed by atoms with E-state index in [1.54, 1.807) is 36.4 Å². The Bertz CT molecular complexity index is 1180. The van der Waals surface area contributed by atoms with Crippen LogP contribution in [0, 0.1) is 0 Å². The maximum Gasteiger partial charge on any atom is 0.259 e. The normalized spacial score (nSPS) is 11.2. The number of carbonyl (C=O) groups excluding carboxylic acids is 1. The topological polar surface area (TPSA) is 98.5 Å². The summed E-state index contributed by atoms with van der Waals surface area (Å²) in [5.74, 6) is 0.0104. The van der Waals surface area contributed by atoms with E-state index < -0.39 is 15.9 Å². The molecular weight excluding hydrogens is 468 g/mol. The first kappa shape index (κ1) is 22.0. The van der Waals surface area contributed by atoms with Gasteiger partial charge in [0, 0.05) is 10.2 Å². The summed E-state index contributed by atoms with van der Waals surface area (Å²) < 4.78 is 30.5. The molecule has 0 fully saturated rings. The summed E-state index contributed by atoms with van der Waals surface area (Å²) in [5, 5.41) is 8.03. The molecule has 3 N–H and O–H groups in total. The van der Waals surface area contributed by atoms with Crippen LogP contribution >= 0.6 is 15.9 Å². The van der Waals surface area contributed by atoms with Crippen LogP contribution in [0.4, 0.5) is 5.69 Å². The molecule has 0 aromatic heterocycles. The van der Waals surface area contributed by atoms with E-state index >= 15 is 0 Å². The van der Waals surface area contributed by atoms with E-state index in [1.165, 1.54) is 6.07 Å². The highest BCUT2D eigenvalue weighted by molar-refractivity contribution is 9.10. The highest BCUT2D eigenvalue weighted by Gasteiger charge is 2.17. The summed E-state index contributed by atoms with van der Waals surface area (Å²) in [6.07, 6.45) is 0.506. The molecule has 6 nitrogen and oxygen atoms in total. The Morgan fingerprint density at radius 2 is 1.83 bits per heavy atom. The third-order valence-electron chi connectivity index (χ3n) is 4.43. The van der Waals surface area contributed by atoms with Gasteiger partial charge < -0.3 is 10.1 Å². The predicted octanol–water partition coefficient (Wildman–Crippen LogP) is 4.49. The van der Waals surface area contributed by atoms with E-state index in [1.807, 2.05) is 31.2 Å². The summed E-state index contributed by atoms with van der Waals surface area (Å²) >= 11 is 3.42. The summed E-state index contributed by atoms with van der Waals surface area (Å²) in [7, 11) is -3.90. The van der Waals surface area contributed by atoms with E-state index in [2.05, 4.69) is 21.2 Å². The van der Waals surface area contributed by atoms with Crippen molar-refractivity contribution in [3.63, 3.8) is 0 Å². The molecule has 0 aliphatic heterocycles. The third kappa shape index (κ3) is 5.47. The van der Waals surface area contributed by atoms with Crippen LogP contribution in [0.3, 0.4) is 0 Å². The van der Waals surface area contributed by atoms with E-state index in [9.17, 15) is 13.2 Å². The van der Waals surface area contributed by atoms with Crippen LogP contribution in [-0.2, 0) is 23.1 Å². The Hall–Kier alpha value is -2.68. The van der Waals surface area contributed by atoms with Gasteiger partial charge in [-0.15, -0.1) is 0 Å². The van der Waals surface area contributed by atoms with Gasteiger partial charge >= 0.3 is 0 Å². The number of benzene rings is 3. The number of nitrogens with one attached hydrogen (secondary N) is 1. The van der Waals surface area contributed by atoms with Crippen molar-refractivity contribution in [2.24, 2.45) is 5.14 Å². The second kappa shape index (κ2) is 9.42. The van der Waals surface area contributed by atoms with Gasteiger partial charge in [-0.2, -0.15) is 0 Å². The fraction of sp³-hybridized carbons (Fsp3) is 0.136. The number of aryl methyl sites for hydroxylation is 1. The van der Waals surface area contributed by atoms with Crippen molar-refractivity contribution >= 4 is 37.5 Å². The Labute approximate surface area is 184 Å². The zero-order valence-electron chi connectivity index (χ0n) is 16.3. The molecule has 8 heteroatoms. The van der Waals surface area contributed by atoms with Gasteiger partial charge in [0.25, 0.3) is 5.91 Å². The number of halogens is 1. The van der Waals surface area contributed by atoms with Crippen molar-refractivity contribution in [3.05, 3.63) is 87.9 Å². The van der Waals surface area contributed by atoms with Gasteiger partial charge in [-0.25, -0.2) is 13.6 Å². The van der Waals surface area contributed by atoms with E-state index in [0.29, 0.717) is 35.6 Å². The number of hydrogen-bond acceptors (Lipinski definition) is 4. The van der Waals surface area contributed by atoms with Crippen LogP contribution in [0.5, 0.6) is 5.75 Å². The Morgan fingerprint density at radius 3 is 2.53 bits per heavy atom. The fourth-order valence-electron chi connectivity index (χ4n) is 2.96. The smallest absolute Gasteiger partial charge is 0.259 e. The zero-order chi connectivity index (χ0) is 21.7. The SMILES string of the molecule is CCc1ccc(NC(=O)c2ccccc2OCc2cccc(Br)c2)cc1S(N)(=O)=O. The molecule has 0 spiro atoms. The molecule has 0 saturated carbocycles. The molecule has 30 heavy (non-hydrogen) atoms. The summed E-state index contributed by atoms with van der Waals surface area (Å²) in [6, 6.07) is 19.2. The van der Waals surface area contributed by atoms with Crippen molar-refractivity contribution in [3.8, 4) is 5.75 Å². The van der Waals surface area contributed by atoms with Crippen molar-refractivity contribution in [1.82, 2.24) is 0 Å². The zero-order valence-corrected chi connectivity index (χ0v) is 18.7. The largest absolute Gasteiger partial charge is 0.488 e. The van der Waals surface area contributed by atoms with Gasteiger partial charge in [-0.3, -0.25) is 4.79 Å². The van der Waals surface area contributed by atoms with Crippen molar-refractivity contribution < 1.29 is 17.9 Å². The predicted molar refractivity (Wildman–Crippen MR) is 120 cm³/mol. The van der Waals surface area contributed by atoms with Crippen LogP contribution in [-0.4, -0.2) is 14.3 Å². The van der Waals surface area contributed by atoms with Crippen molar-refractivity contribution in [2.45, 2.75) is 24.8 Å². The summed E-state index contributed by atoms with van der Waals surface area (Å²) in [6.45, 7) is 2.13. The van der Waals surface area contributed by atoms with Crippen LogP contribution in [0.25, 0.3) is 0 Å². The van der Waals surface area contributed by atoms with E-state index in [-0.39, 0.29) is 4.90 Å². The quantitative estimate of drug-likeness (QED) is 0.511. The Morgan fingerprint density at radius 1 is 1.07 bits per heavy atom. The average Bonchev–Trinajstić information content (AvgIpc) is 2.72. The van der Waals surface area contributed by atoms with Gasteiger partial charge in [-0.1, -0.05) is 53.2 Å². The number of amides is 1. The number of hydrogen-bond donors (Lipinski definition) is 2. The molecule has 0 heterocycles. The lowest BCUT2D eigenvalue weighted by atomic mass is 10.1. The highest BCUT2D eigenvalue weighted by atomic mass is 79.9. The van der Waals surface area contributed by atoms with Crippen LogP contribution < -0.4 is 15.2 Å². The van der Waals surface area contributed by atoms with Gasteiger partial charge in [0.1, 0.15) is 12.4 Å². The Balaban J connectivity index is 1.81. The van der Waals surface area contributed by atoms with Gasteiger partial charge in [-0.05, 0) is 53.9 Å². The molecule has 3 aromatic carbocycles. The van der Waals surface area contributed by atoms with Crippen molar-refractivity contribution in [1.29, 1.82) is 0 Å². The average molecular weight is 489 g/mol. The lowest BCUT2D eigenvalue weighted by Crippen LogP contribution is -2.17. The minimum absolute atomic E-state index is 0.00184. The first-order valence-corrected chi connectivity index (χ1v) is 11.5. The first-order chi connectivity index (χ1) is 14.3. The molecular formula is C22H21BrN2O4S. The Kier molecular flexibility index (Phi) is 6.91. The minimum Gasteiger partial charge on any atom is -0.488 e. The molecule has 0 atom stereocenters. The minimum atomic E-state index is -3.90. The fourth-order valence-corrected chi connectivity index (χ4v) is 4.27. The second-order valence-electron chi connectivity index (χ2n) is 6.59. The molecule has 0 radical (unpaired) electrons. The lowest BCUT2D eigenvalue weighted by molar-refractivity contribution is 0.102. The summed E-state index contributed by atoms with van der Waals surface area (Å²) in [5.41, 5.74) is 2.22. The molecule has 0 bridgehead atoms. The second-order valence-corrected chi connectivity index (χ2v) is 9.04. The van der Waals surface area contributed by atoms with Crippen LogP contribution in [0.15, 0.2) is 76.1 Å². The molecule has 0 aliphatic rings. The van der Waals surface area contributed by atoms with Gasteiger partial charge in [0.05, 0.1) is 10.5 Å². The van der Waals surface area contributed by atoms with Crippen LogP contribution in [0.1, 0.15) is 28.4 Å². The number of para-hydroxylation sites is 1. The molecule has 156 valence electrons. The maximum atomic E-state index is 12.8. The number of anilines is 1. The molecule has 0 aliphatic carbocycles. The maximum absolute atomic E-state index is 12.8. The van der Waals surface area contributed by atoms with Crippen molar-refractivity contribution in [2.75, 3.05) is 5.32 Å². The van der Waals surface area contributed by atoms with Crippen LogP contribution in [0.2, 0.25) is 0 Å². The number of ether oxygens (including phenoxy) is 1. The van der Waals surface area contributed by atoms with Gasteiger partial charge in [0.2, 0.25) is 10.0 Å². The molecule has 0 saturated heterocycles.